The first-order valence-corrected chi connectivity index (χ1v) is 9.63. The molecule has 0 spiro atoms. The van der Waals surface area contributed by atoms with Gasteiger partial charge in [0, 0.05) is 52.0 Å². The van der Waals surface area contributed by atoms with E-state index in [0.717, 1.165) is 11.3 Å². The first-order chi connectivity index (χ1) is 14.0. The number of carbonyl (C=O) groups excluding carboxylic acids is 2. The monoisotopic (exact) mass is 397 g/mol. The maximum Gasteiger partial charge on any atom is 0.251 e. The maximum atomic E-state index is 12.6. The van der Waals surface area contributed by atoms with E-state index in [9.17, 15) is 9.59 Å². The third kappa shape index (κ3) is 4.92. The number of nitrogens with one attached hydrogen (secondary N) is 2. The van der Waals surface area contributed by atoms with Crippen molar-refractivity contribution in [2.45, 2.75) is 13.5 Å². The van der Waals surface area contributed by atoms with Crippen LogP contribution in [0.2, 0.25) is 0 Å². The van der Waals surface area contributed by atoms with Crippen LogP contribution in [0.25, 0.3) is 0 Å². The molecular formula is C20H27N7O2. The van der Waals surface area contributed by atoms with Crippen LogP contribution in [0.5, 0.6) is 0 Å². The molecule has 9 nitrogen and oxygen atoms in total. The highest BCUT2D eigenvalue weighted by molar-refractivity contribution is 5.98. The molecule has 1 aliphatic heterocycles. The lowest BCUT2D eigenvalue weighted by Crippen LogP contribution is -2.55. The fraction of sp³-hybridized carbons (Fsp3) is 0.400. The van der Waals surface area contributed by atoms with E-state index in [4.69, 9.17) is 0 Å². The highest BCUT2D eigenvalue weighted by Gasteiger charge is 2.27. The van der Waals surface area contributed by atoms with Gasteiger partial charge in [-0.25, -0.2) is 0 Å². The van der Waals surface area contributed by atoms with Gasteiger partial charge in [-0.15, -0.1) is 0 Å². The van der Waals surface area contributed by atoms with E-state index >= 15 is 0 Å². The van der Waals surface area contributed by atoms with Gasteiger partial charge >= 0.3 is 0 Å². The summed E-state index contributed by atoms with van der Waals surface area (Å²) in [5.74, 6) is 0.614. The van der Waals surface area contributed by atoms with Crippen LogP contribution in [0.4, 0.5) is 5.69 Å². The predicted molar refractivity (Wildman–Crippen MR) is 112 cm³/mol. The van der Waals surface area contributed by atoms with Gasteiger partial charge in [0.05, 0.1) is 11.9 Å². The van der Waals surface area contributed by atoms with E-state index < -0.39 is 0 Å². The van der Waals surface area contributed by atoms with E-state index in [1.807, 2.05) is 37.2 Å². The van der Waals surface area contributed by atoms with Crippen molar-refractivity contribution in [3.63, 3.8) is 0 Å². The number of piperazine rings is 1. The van der Waals surface area contributed by atoms with Crippen LogP contribution in [0.15, 0.2) is 41.7 Å². The van der Waals surface area contributed by atoms with E-state index in [0.29, 0.717) is 37.7 Å². The molecule has 154 valence electrons. The first kappa shape index (κ1) is 20.4. The Labute approximate surface area is 170 Å². The zero-order valence-electron chi connectivity index (χ0n) is 17.1. The molecule has 1 aliphatic rings. The minimum Gasteiger partial charge on any atom is -0.352 e. The van der Waals surface area contributed by atoms with Crippen molar-refractivity contribution in [1.29, 1.82) is 0 Å². The molecule has 0 bridgehead atoms. The number of hydrogen-bond donors (Lipinski definition) is 2. The van der Waals surface area contributed by atoms with Gasteiger partial charge in [0.1, 0.15) is 6.54 Å². The van der Waals surface area contributed by atoms with Gasteiger partial charge in [0.2, 0.25) is 5.91 Å². The summed E-state index contributed by atoms with van der Waals surface area (Å²) < 4.78 is 1.69. The number of aromatic nitrogens is 2. The third-order valence-corrected chi connectivity index (χ3v) is 4.74. The summed E-state index contributed by atoms with van der Waals surface area (Å²) in [6.07, 6.45) is 3.54. The molecule has 2 amide bonds. The standard InChI is InChI=1S/C20H27N7O2/c1-4-22-19(29)16-7-5-15(6-8-16)11-23-20(21-2)26-9-10-27(18(28)14-26)17-12-24-25(3)13-17/h5-8,12-13H,4,9-11,14H2,1-3H3,(H,21,23)(H,22,29). The Morgan fingerprint density at radius 1 is 1.21 bits per heavy atom. The number of hydrogen-bond acceptors (Lipinski definition) is 4. The van der Waals surface area contributed by atoms with Crippen molar-refractivity contribution < 1.29 is 9.59 Å². The quantitative estimate of drug-likeness (QED) is 0.569. The summed E-state index contributed by atoms with van der Waals surface area (Å²) in [6, 6.07) is 7.44. The van der Waals surface area contributed by atoms with Crippen LogP contribution in [-0.4, -0.2) is 65.7 Å². The zero-order valence-corrected chi connectivity index (χ0v) is 17.1. The fourth-order valence-electron chi connectivity index (χ4n) is 3.22. The number of aliphatic imine (C=N–C) groups is 1. The summed E-state index contributed by atoms with van der Waals surface area (Å²) in [5.41, 5.74) is 2.48. The van der Waals surface area contributed by atoms with Crippen LogP contribution in [0, 0.1) is 0 Å². The van der Waals surface area contributed by atoms with Gasteiger partial charge in [-0.3, -0.25) is 19.3 Å². The average Bonchev–Trinajstić information content (AvgIpc) is 3.15. The minimum atomic E-state index is -0.0761. The Morgan fingerprint density at radius 3 is 2.55 bits per heavy atom. The molecule has 0 atom stereocenters. The largest absolute Gasteiger partial charge is 0.352 e. The van der Waals surface area contributed by atoms with Crippen LogP contribution in [0.1, 0.15) is 22.8 Å². The molecule has 1 aromatic carbocycles. The highest BCUT2D eigenvalue weighted by Crippen LogP contribution is 2.16. The molecule has 0 radical (unpaired) electrons. The molecule has 2 heterocycles. The second kappa shape index (κ2) is 9.22. The lowest BCUT2D eigenvalue weighted by Gasteiger charge is -2.35. The van der Waals surface area contributed by atoms with Crippen molar-refractivity contribution >= 4 is 23.5 Å². The Hall–Kier alpha value is -3.36. The molecule has 0 aliphatic carbocycles. The van der Waals surface area contributed by atoms with Gasteiger partial charge in [0.15, 0.2) is 5.96 Å². The van der Waals surface area contributed by atoms with E-state index in [-0.39, 0.29) is 18.4 Å². The number of guanidine groups is 1. The Balaban J connectivity index is 1.56. The Morgan fingerprint density at radius 2 is 1.97 bits per heavy atom. The van der Waals surface area contributed by atoms with E-state index in [1.165, 1.54) is 0 Å². The molecular weight excluding hydrogens is 370 g/mol. The van der Waals surface area contributed by atoms with Gasteiger partial charge < -0.3 is 20.4 Å². The molecule has 3 rings (SSSR count). The topological polar surface area (TPSA) is 94.9 Å². The molecule has 29 heavy (non-hydrogen) atoms. The highest BCUT2D eigenvalue weighted by atomic mass is 16.2. The van der Waals surface area contributed by atoms with Crippen molar-refractivity contribution in [3.8, 4) is 0 Å². The minimum absolute atomic E-state index is 0.0125. The van der Waals surface area contributed by atoms with Crippen LogP contribution < -0.4 is 15.5 Å². The molecule has 0 saturated carbocycles. The molecule has 1 fully saturated rings. The summed E-state index contributed by atoms with van der Waals surface area (Å²) >= 11 is 0. The number of amides is 2. The van der Waals surface area contributed by atoms with Gasteiger partial charge in [0.25, 0.3) is 5.91 Å². The number of rotatable bonds is 5. The number of aryl methyl sites for hydroxylation is 1. The number of benzene rings is 1. The molecule has 2 aromatic rings. The normalized spacial score (nSPS) is 14.9. The molecule has 1 aromatic heterocycles. The molecule has 2 N–H and O–H groups in total. The van der Waals surface area contributed by atoms with Crippen LogP contribution in [0.3, 0.4) is 0 Å². The predicted octanol–water partition coefficient (Wildman–Crippen LogP) is 0.594. The van der Waals surface area contributed by atoms with E-state index in [1.54, 1.807) is 35.0 Å². The summed E-state index contributed by atoms with van der Waals surface area (Å²) in [4.78, 5) is 32.4. The smallest absolute Gasteiger partial charge is 0.251 e. The second-order valence-electron chi connectivity index (χ2n) is 6.80. The molecule has 0 unspecified atom stereocenters. The maximum absolute atomic E-state index is 12.6. The van der Waals surface area contributed by atoms with Crippen LogP contribution >= 0.6 is 0 Å². The van der Waals surface area contributed by atoms with Gasteiger partial charge in [-0.1, -0.05) is 12.1 Å². The first-order valence-electron chi connectivity index (χ1n) is 9.63. The number of nitrogens with zero attached hydrogens (tertiary/aromatic N) is 5. The lowest BCUT2D eigenvalue weighted by atomic mass is 10.1. The van der Waals surface area contributed by atoms with Crippen LogP contribution in [-0.2, 0) is 18.4 Å². The Bertz CT molecular complexity index is 888. The third-order valence-electron chi connectivity index (χ3n) is 4.74. The average molecular weight is 397 g/mol. The second-order valence-corrected chi connectivity index (χ2v) is 6.80. The SMILES string of the molecule is CCNC(=O)c1ccc(CNC(=NC)N2CCN(c3cnn(C)c3)C(=O)C2)cc1. The van der Waals surface area contributed by atoms with Gasteiger partial charge in [-0.05, 0) is 24.6 Å². The fourth-order valence-corrected chi connectivity index (χ4v) is 3.22. The van der Waals surface area contributed by atoms with Crippen molar-refractivity contribution in [1.82, 2.24) is 25.3 Å². The van der Waals surface area contributed by atoms with Crippen molar-refractivity contribution in [2.75, 3.05) is 38.1 Å². The van der Waals surface area contributed by atoms with Gasteiger partial charge in [-0.2, -0.15) is 5.10 Å². The number of anilines is 1. The summed E-state index contributed by atoms with van der Waals surface area (Å²) in [7, 11) is 3.54. The van der Waals surface area contributed by atoms with Crippen molar-refractivity contribution in [3.05, 3.63) is 47.8 Å². The molecule has 1 saturated heterocycles. The lowest BCUT2D eigenvalue weighted by molar-refractivity contribution is -0.120. The Kier molecular flexibility index (Phi) is 6.48. The van der Waals surface area contributed by atoms with E-state index in [2.05, 4.69) is 20.7 Å². The zero-order chi connectivity index (χ0) is 20.8. The van der Waals surface area contributed by atoms with Crippen molar-refractivity contribution in [2.24, 2.45) is 12.0 Å². The summed E-state index contributed by atoms with van der Waals surface area (Å²) in [6.45, 7) is 4.56. The summed E-state index contributed by atoms with van der Waals surface area (Å²) in [5, 5.41) is 10.2. The molecule has 9 heteroatoms. The number of carbonyl (C=O) groups is 2.